The molecule has 0 bridgehead atoms. The molecule has 2 nitrogen and oxygen atoms in total. The summed E-state index contributed by atoms with van der Waals surface area (Å²) < 4.78 is 0. The second-order valence-corrected chi connectivity index (χ2v) is 3.97. The minimum atomic E-state index is 0. The Kier molecular flexibility index (Phi) is 3.49. The zero-order chi connectivity index (χ0) is 11.7. The van der Waals surface area contributed by atoms with Crippen molar-refractivity contribution in [3.63, 3.8) is 0 Å². The van der Waals surface area contributed by atoms with Gasteiger partial charge in [-0.05, 0) is 16.3 Å². The molecule has 0 aliphatic carbocycles. The molecule has 0 spiro atoms. The normalized spacial score (nSPS) is 10.0. The van der Waals surface area contributed by atoms with Gasteiger partial charge in [0, 0.05) is 0 Å². The number of nitrogens with one attached hydrogen (secondary N) is 1. The van der Waals surface area contributed by atoms with Gasteiger partial charge in [0.2, 0.25) is 0 Å². The topological polar surface area (TPSA) is 34.2 Å². The lowest BCUT2D eigenvalue weighted by atomic mass is 10.1. The Bertz CT molecular complexity index is 597. The third kappa shape index (κ3) is 2.03. The lowest BCUT2D eigenvalue weighted by Gasteiger charge is -1.91. The molecule has 0 radical (unpaired) electrons. The van der Waals surface area contributed by atoms with Crippen LogP contribution in [0, 0.1) is 0 Å². The summed E-state index contributed by atoms with van der Waals surface area (Å²) in [5, 5.41) is 12.2. The van der Waals surface area contributed by atoms with E-state index in [-0.39, 0.29) is 12.4 Å². The summed E-state index contributed by atoms with van der Waals surface area (Å²) in [5.41, 5.74) is 4.45. The number of rotatable bonds is 2. The van der Waals surface area contributed by atoms with Gasteiger partial charge >= 0.3 is 0 Å². The van der Waals surface area contributed by atoms with Crippen molar-refractivity contribution in [1.82, 2.24) is 0 Å². The van der Waals surface area contributed by atoms with E-state index < -0.39 is 0 Å². The van der Waals surface area contributed by atoms with Gasteiger partial charge in [0.25, 0.3) is 5.36 Å². The molecule has 0 saturated carbocycles. The molecule has 90 valence electrons. The summed E-state index contributed by atoms with van der Waals surface area (Å²) in [6.45, 7) is 0. The number of benzene rings is 2. The summed E-state index contributed by atoms with van der Waals surface area (Å²) in [6.07, 6.45) is 0. The summed E-state index contributed by atoms with van der Waals surface area (Å²) in [7, 11) is 0. The van der Waals surface area contributed by atoms with Gasteiger partial charge in [-0.2, -0.15) is 0 Å². The van der Waals surface area contributed by atoms with Gasteiger partial charge in [0.1, 0.15) is 0 Å². The van der Waals surface area contributed by atoms with Crippen LogP contribution in [0.25, 0.3) is 22.3 Å². The molecule has 0 saturated heterocycles. The highest BCUT2D eigenvalue weighted by Gasteiger charge is 2.28. The maximum Gasteiger partial charge on any atom is 0.265 e. The van der Waals surface area contributed by atoms with E-state index in [1.165, 1.54) is 0 Å². The van der Waals surface area contributed by atoms with Crippen LogP contribution < -0.4 is 22.9 Å². The molecule has 3 heteroatoms. The molecule has 0 atom stereocenters. The second kappa shape index (κ2) is 5.07. The molecule has 18 heavy (non-hydrogen) atoms. The fraction of sp³-hybridized carbons (Fsp3) is 0. The Labute approximate surface area is 111 Å². The zero-order valence-electron chi connectivity index (χ0n) is 9.60. The highest BCUT2D eigenvalue weighted by Crippen LogP contribution is 2.32. The van der Waals surface area contributed by atoms with Crippen LogP contribution in [0.15, 0.2) is 60.7 Å². The number of hydrogen-bond acceptors (Lipinski definition) is 1. The van der Waals surface area contributed by atoms with E-state index in [1.54, 1.807) is 0 Å². The van der Waals surface area contributed by atoms with Crippen molar-refractivity contribution in [1.29, 1.82) is 0 Å². The summed E-state index contributed by atoms with van der Waals surface area (Å²) in [5.74, 6) is 0. The minimum Gasteiger partial charge on any atom is -1.00 e. The Morgan fingerprint density at radius 2 is 1.06 bits per heavy atom. The lowest BCUT2D eigenvalue weighted by molar-refractivity contribution is -0.766. The van der Waals surface area contributed by atoms with E-state index in [2.05, 4.69) is 5.16 Å². The van der Waals surface area contributed by atoms with E-state index in [1.807, 2.05) is 60.7 Å². The quantitative estimate of drug-likeness (QED) is 0.415. The van der Waals surface area contributed by atoms with Crippen molar-refractivity contribution in [3.8, 4) is 22.3 Å². The first-order valence-corrected chi connectivity index (χ1v) is 5.54. The molecular formula is C15H12ClNO. The van der Waals surface area contributed by atoms with Crippen LogP contribution in [-0.4, -0.2) is 5.21 Å². The molecule has 0 unspecified atom stereocenters. The third-order valence-corrected chi connectivity index (χ3v) is 2.92. The maximum absolute atomic E-state index is 9.14. The molecule has 2 N–H and O–H groups in total. The van der Waals surface area contributed by atoms with E-state index in [9.17, 15) is 0 Å². The molecule has 0 aliphatic rings. The predicted octanol–water partition coefficient (Wildman–Crippen LogP) is -1.73. The molecule has 0 aliphatic heterocycles. The van der Waals surface area contributed by atoms with Crippen LogP contribution in [0.1, 0.15) is 0 Å². The van der Waals surface area contributed by atoms with Crippen molar-refractivity contribution in [2.45, 2.75) is 0 Å². The maximum atomic E-state index is 9.14. The summed E-state index contributed by atoms with van der Waals surface area (Å²) >= 11 is 0. The molecule has 0 heterocycles. The second-order valence-electron chi connectivity index (χ2n) is 3.97. The fourth-order valence-corrected chi connectivity index (χ4v) is 2.09. The van der Waals surface area contributed by atoms with Gasteiger partial charge in [-0.1, -0.05) is 60.7 Å². The SMILES string of the molecule is O[NH+]=c1c(-c2ccccc2)c1-c1ccccc1.[Cl-]. The Morgan fingerprint density at radius 3 is 1.39 bits per heavy atom. The number of hydrogen-bond donors (Lipinski definition) is 2. The monoisotopic (exact) mass is 257 g/mol. The molecular weight excluding hydrogens is 246 g/mol. The fourth-order valence-electron chi connectivity index (χ4n) is 2.09. The molecule has 0 amide bonds. The lowest BCUT2D eigenvalue weighted by Crippen LogP contribution is -3.00. The van der Waals surface area contributed by atoms with E-state index in [0.717, 1.165) is 27.6 Å². The van der Waals surface area contributed by atoms with Gasteiger partial charge in [-0.3, -0.25) is 5.21 Å². The van der Waals surface area contributed by atoms with Crippen LogP contribution in [0.4, 0.5) is 0 Å². The molecule has 3 aromatic rings. The van der Waals surface area contributed by atoms with E-state index in [0.29, 0.717) is 0 Å². The van der Waals surface area contributed by atoms with Crippen molar-refractivity contribution >= 4 is 0 Å². The van der Waals surface area contributed by atoms with Gasteiger partial charge in [-0.15, -0.1) is 0 Å². The summed E-state index contributed by atoms with van der Waals surface area (Å²) in [6, 6.07) is 20.1. The van der Waals surface area contributed by atoms with Crippen LogP contribution in [0.3, 0.4) is 0 Å². The molecule has 3 aromatic carbocycles. The largest absolute Gasteiger partial charge is 1.00 e. The number of halogens is 1. The van der Waals surface area contributed by atoms with Gasteiger partial charge in [-0.25, -0.2) is 0 Å². The van der Waals surface area contributed by atoms with Gasteiger partial charge < -0.3 is 12.4 Å². The highest BCUT2D eigenvalue weighted by molar-refractivity contribution is 5.92. The van der Waals surface area contributed by atoms with Gasteiger partial charge in [0.05, 0.1) is 11.1 Å². The Hall–Kier alpha value is -2.06. The van der Waals surface area contributed by atoms with Crippen LogP contribution in [-0.2, 0) is 0 Å². The Balaban J connectivity index is 0.00000120. The van der Waals surface area contributed by atoms with E-state index in [4.69, 9.17) is 5.21 Å². The standard InChI is InChI=1S/C15H11NO.ClH/c17-16-15-13(11-7-3-1-4-8-11)14(15)12-9-5-2-6-10-12;/h1-10,17H;1H. The third-order valence-electron chi connectivity index (χ3n) is 2.92. The molecule has 3 rings (SSSR count). The first kappa shape index (κ1) is 12.4. The predicted molar refractivity (Wildman–Crippen MR) is 65.6 cm³/mol. The highest BCUT2D eigenvalue weighted by atomic mass is 35.5. The molecule has 0 fully saturated rings. The minimum absolute atomic E-state index is 0. The summed E-state index contributed by atoms with van der Waals surface area (Å²) in [4.78, 5) is 0. The first-order chi connectivity index (χ1) is 8.42. The first-order valence-electron chi connectivity index (χ1n) is 5.54. The Morgan fingerprint density at radius 1 is 0.667 bits per heavy atom. The smallest absolute Gasteiger partial charge is 0.265 e. The molecule has 0 aromatic heterocycles. The van der Waals surface area contributed by atoms with Crippen molar-refractivity contribution in [3.05, 3.63) is 66.0 Å². The van der Waals surface area contributed by atoms with Crippen LogP contribution in [0.5, 0.6) is 0 Å². The van der Waals surface area contributed by atoms with Crippen molar-refractivity contribution in [2.24, 2.45) is 0 Å². The van der Waals surface area contributed by atoms with Gasteiger partial charge in [0.15, 0.2) is 0 Å². The zero-order valence-corrected chi connectivity index (χ0v) is 10.4. The average molecular weight is 258 g/mol. The average Bonchev–Trinajstić information content (AvgIpc) is 3.15. The van der Waals surface area contributed by atoms with Crippen LogP contribution in [0.2, 0.25) is 0 Å². The van der Waals surface area contributed by atoms with Crippen LogP contribution >= 0.6 is 0 Å². The van der Waals surface area contributed by atoms with Crippen molar-refractivity contribution < 1.29 is 22.8 Å². The van der Waals surface area contributed by atoms with E-state index >= 15 is 0 Å². The van der Waals surface area contributed by atoms with Crippen molar-refractivity contribution in [2.75, 3.05) is 0 Å².